The van der Waals surface area contributed by atoms with Gasteiger partial charge in [-0.25, -0.2) is 0 Å². The summed E-state index contributed by atoms with van der Waals surface area (Å²) in [5.74, 6) is -1.72. The van der Waals surface area contributed by atoms with Gasteiger partial charge < -0.3 is 35.3 Å². The van der Waals surface area contributed by atoms with Crippen LogP contribution < -0.4 is 11.1 Å². The fraction of sp³-hybridized carbons (Fsp3) is 0.865. The maximum atomic E-state index is 14.5. The molecule has 276 valence electrons. The number of hydrogen-bond acceptors (Lipinski definition) is 10. The quantitative estimate of drug-likeness (QED) is 0.143. The summed E-state index contributed by atoms with van der Waals surface area (Å²) in [6.45, 7) is 7.90. The highest BCUT2D eigenvalue weighted by Gasteiger charge is 2.64. The van der Waals surface area contributed by atoms with Crippen LogP contribution >= 0.6 is 0 Å². The Morgan fingerprint density at radius 1 is 1.00 bits per heavy atom. The van der Waals surface area contributed by atoms with Gasteiger partial charge in [0.15, 0.2) is 0 Å². The van der Waals surface area contributed by atoms with Crippen LogP contribution in [-0.4, -0.2) is 92.3 Å². The van der Waals surface area contributed by atoms with Crippen molar-refractivity contribution in [2.75, 3.05) is 40.4 Å². The van der Waals surface area contributed by atoms with Gasteiger partial charge in [0.05, 0.1) is 23.4 Å². The lowest BCUT2D eigenvalue weighted by molar-refractivity contribution is -0.174. The second kappa shape index (κ2) is 14.9. The van der Waals surface area contributed by atoms with Gasteiger partial charge in [0.2, 0.25) is 11.8 Å². The number of aliphatic hydroxyl groups excluding tert-OH is 1. The molecule has 0 aromatic heterocycles. The number of primary amides is 1. The Morgan fingerprint density at radius 3 is 2.33 bits per heavy atom. The van der Waals surface area contributed by atoms with Gasteiger partial charge in [0.1, 0.15) is 18.8 Å². The summed E-state index contributed by atoms with van der Waals surface area (Å²) in [4.78, 5) is 69.1. The lowest BCUT2D eigenvalue weighted by Gasteiger charge is -2.38. The predicted octanol–water partition coefficient (Wildman–Crippen LogP) is 2.69. The summed E-state index contributed by atoms with van der Waals surface area (Å²) in [6.07, 6.45) is 4.55. The molecule has 4 bridgehead atoms. The molecule has 5 rings (SSSR count). The first-order chi connectivity index (χ1) is 23.0. The molecule has 4 N–H and O–H groups in total. The zero-order valence-corrected chi connectivity index (χ0v) is 30.3. The smallest absolute Gasteiger partial charge is 0.312 e. The molecule has 2 amide bonds. The van der Waals surface area contributed by atoms with Gasteiger partial charge in [-0.1, -0.05) is 6.92 Å². The first-order valence-electron chi connectivity index (χ1n) is 18.5. The molecule has 5 aliphatic rings. The highest BCUT2D eigenvalue weighted by Crippen LogP contribution is 2.57. The van der Waals surface area contributed by atoms with Crippen molar-refractivity contribution in [3.05, 3.63) is 0 Å². The lowest BCUT2D eigenvalue weighted by Crippen LogP contribution is -2.46. The second-order valence-electron chi connectivity index (χ2n) is 17.2. The van der Waals surface area contributed by atoms with Crippen molar-refractivity contribution in [3.63, 3.8) is 0 Å². The maximum absolute atomic E-state index is 14.5. The Balaban J connectivity index is 1.40. The van der Waals surface area contributed by atoms with E-state index in [1.807, 2.05) is 19.0 Å². The molecule has 4 aliphatic carbocycles. The van der Waals surface area contributed by atoms with Crippen molar-refractivity contribution in [2.45, 2.75) is 97.7 Å². The van der Waals surface area contributed by atoms with Crippen molar-refractivity contribution in [1.82, 2.24) is 10.2 Å². The van der Waals surface area contributed by atoms with Crippen LogP contribution in [0.25, 0.3) is 0 Å². The summed E-state index contributed by atoms with van der Waals surface area (Å²) in [7, 11) is 3.76. The lowest BCUT2D eigenvalue weighted by atomic mass is 9.67. The SMILES string of the molecule is CC1C2CCC(C2)C1CC(CC(C)(CC(CC(C)(C)C(=O)OCCN(C)C)C(=O)NCCO)C(=O)OC1C2CC3C(=O)OC1C3C2)C(N)=O. The zero-order valence-electron chi connectivity index (χ0n) is 30.3. The summed E-state index contributed by atoms with van der Waals surface area (Å²) in [6, 6.07) is 0. The average Bonchev–Trinajstić information content (AvgIpc) is 3.84. The largest absolute Gasteiger partial charge is 0.464 e. The third-order valence-electron chi connectivity index (χ3n) is 12.9. The normalized spacial score (nSPS) is 33.6. The number of aliphatic hydroxyl groups is 1. The van der Waals surface area contributed by atoms with E-state index in [9.17, 15) is 29.1 Å². The van der Waals surface area contributed by atoms with Gasteiger partial charge >= 0.3 is 17.9 Å². The van der Waals surface area contributed by atoms with E-state index >= 15 is 0 Å². The number of carbonyl (C=O) groups is 5. The first-order valence-corrected chi connectivity index (χ1v) is 18.5. The van der Waals surface area contributed by atoms with E-state index in [4.69, 9.17) is 19.9 Å². The number of rotatable bonds is 18. The van der Waals surface area contributed by atoms with Crippen LogP contribution in [0.4, 0.5) is 0 Å². The average molecular weight is 690 g/mol. The first kappa shape index (κ1) is 37.5. The molecule has 12 nitrogen and oxygen atoms in total. The van der Waals surface area contributed by atoms with Crippen LogP contribution in [0.2, 0.25) is 0 Å². The molecule has 49 heavy (non-hydrogen) atoms. The van der Waals surface area contributed by atoms with E-state index < -0.39 is 58.6 Å². The molecule has 0 aromatic carbocycles. The van der Waals surface area contributed by atoms with E-state index in [0.29, 0.717) is 43.1 Å². The van der Waals surface area contributed by atoms with Crippen LogP contribution in [0, 0.1) is 64.1 Å². The van der Waals surface area contributed by atoms with Crippen LogP contribution in [0.15, 0.2) is 0 Å². The molecule has 12 unspecified atom stereocenters. The van der Waals surface area contributed by atoms with E-state index in [-0.39, 0.29) is 62.7 Å². The fourth-order valence-corrected chi connectivity index (χ4v) is 10.2. The number of hydrogen-bond donors (Lipinski definition) is 3. The minimum absolute atomic E-state index is 0.00952. The number of nitrogens with zero attached hydrogens (tertiary/aromatic N) is 1. The topological polar surface area (TPSA) is 175 Å². The number of nitrogens with one attached hydrogen (secondary N) is 1. The molecule has 0 aromatic rings. The molecule has 12 heteroatoms. The van der Waals surface area contributed by atoms with Gasteiger partial charge in [-0.05, 0) is 116 Å². The van der Waals surface area contributed by atoms with Gasteiger partial charge in [0.25, 0.3) is 0 Å². The summed E-state index contributed by atoms with van der Waals surface area (Å²) in [5, 5.41) is 12.2. The van der Waals surface area contributed by atoms with Crippen molar-refractivity contribution < 1.29 is 43.3 Å². The highest BCUT2D eigenvalue weighted by molar-refractivity contribution is 5.84. The molecule has 0 spiro atoms. The Kier molecular flexibility index (Phi) is 11.4. The number of fused-ring (bicyclic) bond motifs is 3. The van der Waals surface area contributed by atoms with E-state index in [0.717, 1.165) is 19.3 Å². The fourth-order valence-electron chi connectivity index (χ4n) is 10.2. The number of amides is 2. The number of nitrogens with two attached hydrogens (primary N) is 1. The highest BCUT2D eigenvalue weighted by atomic mass is 16.6. The predicted molar refractivity (Wildman–Crippen MR) is 179 cm³/mol. The van der Waals surface area contributed by atoms with E-state index in [2.05, 4.69) is 12.2 Å². The molecule has 5 fully saturated rings. The van der Waals surface area contributed by atoms with Gasteiger partial charge in [-0.2, -0.15) is 0 Å². The van der Waals surface area contributed by atoms with Crippen molar-refractivity contribution in [1.29, 1.82) is 0 Å². The molecule has 4 saturated carbocycles. The minimum atomic E-state index is -1.34. The van der Waals surface area contributed by atoms with Gasteiger partial charge in [-0.15, -0.1) is 0 Å². The number of ether oxygens (including phenoxy) is 3. The van der Waals surface area contributed by atoms with Crippen molar-refractivity contribution in [2.24, 2.45) is 69.8 Å². The van der Waals surface area contributed by atoms with Gasteiger partial charge in [0, 0.05) is 36.8 Å². The molecule has 1 heterocycles. The standard InChI is InChI=1S/C37H59N3O9/c1-20-21-7-8-22(13-21)26(20)16-24(31(38)42)18-37(4,35(46)49-29-23-14-27-28(15-23)33(44)48-30(27)29)19-25(32(43)39-9-11-41)17-36(2,3)34(45)47-12-10-40(5)6/h20-30,41H,7-19H2,1-6H3,(H2,38,42)(H,39,43). The molecular weight excluding hydrogens is 630 g/mol. The summed E-state index contributed by atoms with van der Waals surface area (Å²) < 4.78 is 17.5. The Hall–Kier alpha value is -2.73. The molecule has 1 aliphatic heterocycles. The maximum Gasteiger partial charge on any atom is 0.312 e. The molecule has 12 atom stereocenters. The van der Waals surface area contributed by atoms with Crippen LogP contribution in [0.3, 0.4) is 0 Å². The molecular formula is C37H59N3O9. The number of esters is 3. The summed E-state index contributed by atoms with van der Waals surface area (Å²) in [5.41, 5.74) is 3.67. The minimum Gasteiger partial charge on any atom is -0.464 e. The monoisotopic (exact) mass is 689 g/mol. The Labute approximate surface area is 290 Å². The third-order valence-corrected chi connectivity index (χ3v) is 12.9. The third kappa shape index (κ3) is 7.95. The van der Waals surface area contributed by atoms with Crippen molar-refractivity contribution >= 4 is 29.7 Å². The number of likely N-dealkylation sites (N-methyl/N-ethyl adjacent to an activating group) is 1. The van der Waals surface area contributed by atoms with Crippen LogP contribution in [0.5, 0.6) is 0 Å². The van der Waals surface area contributed by atoms with E-state index in [1.165, 1.54) is 6.42 Å². The van der Waals surface area contributed by atoms with Crippen LogP contribution in [0.1, 0.15) is 85.5 Å². The Morgan fingerprint density at radius 2 is 1.69 bits per heavy atom. The zero-order chi connectivity index (χ0) is 35.8. The Bertz CT molecular complexity index is 1270. The summed E-state index contributed by atoms with van der Waals surface area (Å²) >= 11 is 0. The molecule has 1 saturated heterocycles. The number of carbonyl (C=O) groups excluding carboxylic acids is 5. The van der Waals surface area contributed by atoms with E-state index in [1.54, 1.807) is 20.8 Å². The van der Waals surface area contributed by atoms with Crippen LogP contribution in [-0.2, 0) is 38.2 Å². The van der Waals surface area contributed by atoms with Crippen molar-refractivity contribution in [3.8, 4) is 0 Å². The van der Waals surface area contributed by atoms with Gasteiger partial charge in [-0.3, -0.25) is 24.0 Å². The second-order valence-corrected chi connectivity index (χ2v) is 17.2. The molecule has 0 radical (unpaired) electrons.